The Kier molecular flexibility index (Phi) is 3.72. The van der Waals surface area contributed by atoms with Gasteiger partial charge in [-0.2, -0.15) is 0 Å². The largest absolute Gasteiger partial charge is 0.346 e. The Morgan fingerprint density at radius 3 is 2.80 bits per heavy atom. The summed E-state index contributed by atoms with van der Waals surface area (Å²) in [5, 5.41) is 5.79. The van der Waals surface area contributed by atoms with E-state index in [9.17, 15) is 9.59 Å². The van der Waals surface area contributed by atoms with Gasteiger partial charge in [-0.05, 0) is 30.7 Å². The summed E-state index contributed by atoms with van der Waals surface area (Å²) in [7, 11) is 0. The van der Waals surface area contributed by atoms with Crippen LogP contribution in [0, 0.1) is 0 Å². The van der Waals surface area contributed by atoms with Crippen LogP contribution < -0.4 is 10.6 Å². The number of benzene rings is 2. The second-order valence-corrected chi connectivity index (χ2v) is 6.26. The summed E-state index contributed by atoms with van der Waals surface area (Å²) in [5.41, 5.74) is 3.34. The molecule has 6 nitrogen and oxygen atoms in total. The molecule has 2 atom stereocenters. The molecule has 4 rings (SSSR count). The fraction of sp³-hybridized carbons (Fsp3) is 0.211. The van der Waals surface area contributed by atoms with Gasteiger partial charge in [-0.25, -0.2) is 4.98 Å². The van der Waals surface area contributed by atoms with Gasteiger partial charge in [-0.15, -0.1) is 0 Å². The topological polar surface area (TPSA) is 86.9 Å². The van der Waals surface area contributed by atoms with Gasteiger partial charge in [0.25, 0.3) is 0 Å². The summed E-state index contributed by atoms with van der Waals surface area (Å²) < 4.78 is 0. The van der Waals surface area contributed by atoms with Crippen LogP contribution in [0.5, 0.6) is 0 Å². The molecular weight excluding hydrogens is 316 g/mol. The van der Waals surface area contributed by atoms with Crippen molar-refractivity contribution in [3.8, 4) is 0 Å². The lowest BCUT2D eigenvalue weighted by Crippen LogP contribution is -2.36. The van der Waals surface area contributed by atoms with Crippen LogP contribution in [0.3, 0.4) is 0 Å². The minimum Gasteiger partial charge on any atom is -0.346 e. The number of fused-ring (bicyclic) bond motifs is 2. The molecule has 0 bridgehead atoms. The van der Waals surface area contributed by atoms with Crippen molar-refractivity contribution in [2.75, 3.05) is 5.32 Å². The Hall–Kier alpha value is -3.15. The van der Waals surface area contributed by atoms with Crippen molar-refractivity contribution in [3.63, 3.8) is 0 Å². The van der Waals surface area contributed by atoms with Crippen LogP contribution in [0.15, 0.2) is 48.5 Å². The Morgan fingerprint density at radius 1 is 1.20 bits per heavy atom. The van der Waals surface area contributed by atoms with Crippen molar-refractivity contribution in [3.05, 3.63) is 59.9 Å². The van der Waals surface area contributed by atoms with Crippen LogP contribution in [0.4, 0.5) is 5.69 Å². The van der Waals surface area contributed by atoms with Gasteiger partial charge in [-0.3, -0.25) is 9.59 Å². The minimum atomic E-state index is -0.489. The van der Waals surface area contributed by atoms with Crippen LogP contribution in [0.2, 0.25) is 0 Å². The van der Waals surface area contributed by atoms with Crippen LogP contribution >= 0.6 is 0 Å². The van der Waals surface area contributed by atoms with E-state index in [4.69, 9.17) is 0 Å². The Labute approximate surface area is 144 Å². The van der Waals surface area contributed by atoms with E-state index in [0.29, 0.717) is 11.5 Å². The number of hydrogen-bond acceptors (Lipinski definition) is 3. The summed E-state index contributed by atoms with van der Waals surface area (Å²) in [6.07, 6.45) is 0.149. The van der Waals surface area contributed by atoms with Gasteiger partial charge in [0.1, 0.15) is 5.82 Å². The highest BCUT2D eigenvalue weighted by Gasteiger charge is 2.31. The van der Waals surface area contributed by atoms with Gasteiger partial charge in [0.05, 0.1) is 23.0 Å². The number of rotatable bonds is 3. The van der Waals surface area contributed by atoms with Crippen LogP contribution in [0.25, 0.3) is 11.0 Å². The third-order valence-electron chi connectivity index (χ3n) is 4.49. The number of nitrogens with one attached hydrogen (secondary N) is 3. The molecule has 0 fully saturated rings. The van der Waals surface area contributed by atoms with E-state index >= 15 is 0 Å². The third-order valence-corrected chi connectivity index (χ3v) is 4.49. The molecule has 2 amide bonds. The molecule has 0 spiro atoms. The van der Waals surface area contributed by atoms with E-state index < -0.39 is 5.92 Å². The van der Waals surface area contributed by atoms with Gasteiger partial charge in [0.2, 0.25) is 11.8 Å². The van der Waals surface area contributed by atoms with Crippen LogP contribution in [-0.4, -0.2) is 21.8 Å². The number of carbonyl (C=O) groups is 2. The van der Waals surface area contributed by atoms with Gasteiger partial charge < -0.3 is 15.6 Å². The summed E-state index contributed by atoms with van der Waals surface area (Å²) in [4.78, 5) is 32.4. The maximum absolute atomic E-state index is 12.8. The first-order chi connectivity index (χ1) is 12.1. The van der Waals surface area contributed by atoms with Crippen molar-refractivity contribution < 1.29 is 9.59 Å². The number of aromatic nitrogens is 2. The number of H-pyrrole nitrogens is 1. The SMILES string of the molecule is CC(NC(=O)C1CC(=O)Nc2ccccc21)c1nc2ccccc2[nH]1. The Bertz CT molecular complexity index is 930. The van der Waals surface area contributed by atoms with Crippen molar-refractivity contribution in [1.29, 1.82) is 0 Å². The molecule has 0 saturated heterocycles. The van der Waals surface area contributed by atoms with E-state index in [-0.39, 0.29) is 24.3 Å². The fourth-order valence-electron chi connectivity index (χ4n) is 3.21. The minimum absolute atomic E-state index is 0.143. The second kappa shape index (κ2) is 6.05. The van der Waals surface area contributed by atoms with E-state index in [1.54, 1.807) is 0 Å². The quantitative estimate of drug-likeness (QED) is 0.688. The predicted molar refractivity (Wildman–Crippen MR) is 95.1 cm³/mol. The van der Waals surface area contributed by atoms with E-state index in [2.05, 4.69) is 20.6 Å². The maximum Gasteiger partial charge on any atom is 0.228 e. The van der Waals surface area contributed by atoms with Crippen LogP contribution in [0.1, 0.15) is 36.7 Å². The molecule has 3 N–H and O–H groups in total. The number of amides is 2. The zero-order valence-corrected chi connectivity index (χ0v) is 13.7. The molecule has 2 unspecified atom stereocenters. The monoisotopic (exact) mass is 334 g/mol. The zero-order chi connectivity index (χ0) is 17.4. The molecule has 1 aromatic heterocycles. The van der Waals surface area contributed by atoms with Crippen molar-refractivity contribution in [2.24, 2.45) is 0 Å². The summed E-state index contributed by atoms with van der Waals surface area (Å²) in [6.45, 7) is 1.88. The molecule has 0 aliphatic carbocycles. The first-order valence-corrected chi connectivity index (χ1v) is 8.25. The second-order valence-electron chi connectivity index (χ2n) is 6.26. The number of imidazole rings is 1. The average Bonchev–Trinajstić information content (AvgIpc) is 3.05. The molecule has 1 aliphatic rings. The number of aromatic amines is 1. The number of carbonyl (C=O) groups excluding carboxylic acids is 2. The van der Waals surface area contributed by atoms with Gasteiger partial charge in [-0.1, -0.05) is 30.3 Å². The normalized spacial score (nSPS) is 17.6. The standard InChI is InChI=1S/C19H18N4O2/c1-11(18-22-15-8-4-5-9-16(15)23-18)20-19(25)13-10-17(24)21-14-7-3-2-6-12(13)14/h2-9,11,13H,10H2,1H3,(H,20,25)(H,21,24)(H,22,23). The molecule has 126 valence electrons. The summed E-state index contributed by atoms with van der Waals surface area (Å²) >= 11 is 0. The molecule has 3 aromatic rings. The van der Waals surface area contributed by atoms with E-state index in [1.165, 1.54) is 0 Å². The highest BCUT2D eigenvalue weighted by molar-refractivity contribution is 6.01. The number of hydrogen-bond donors (Lipinski definition) is 3. The zero-order valence-electron chi connectivity index (χ0n) is 13.7. The summed E-state index contributed by atoms with van der Waals surface area (Å²) in [6, 6.07) is 14.9. The van der Waals surface area contributed by atoms with Gasteiger partial charge >= 0.3 is 0 Å². The lowest BCUT2D eigenvalue weighted by Gasteiger charge is -2.25. The average molecular weight is 334 g/mol. The smallest absolute Gasteiger partial charge is 0.228 e. The maximum atomic E-state index is 12.8. The Balaban J connectivity index is 1.56. The third kappa shape index (κ3) is 2.87. The first kappa shape index (κ1) is 15.4. The molecular formula is C19H18N4O2. The molecule has 1 aliphatic heterocycles. The highest BCUT2D eigenvalue weighted by Crippen LogP contribution is 2.32. The molecule has 0 saturated carbocycles. The Morgan fingerprint density at radius 2 is 1.96 bits per heavy atom. The fourth-order valence-corrected chi connectivity index (χ4v) is 3.21. The molecule has 2 heterocycles. The van der Waals surface area contributed by atoms with Crippen molar-refractivity contribution >= 4 is 28.5 Å². The lowest BCUT2D eigenvalue weighted by molar-refractivity contribution is -0.126. The summed E-state index contributed by atoms with van der Waals surface area (Å²) in [5.74, 6) is -0.106. The van der Waals surface area contributed by atoms with Crippen molar-refractivity contribution in [2.45, 2.75) is 25.3 Å². The number of nitrogens with zero attached hydrogens (tertiary/aromatic N) is 1. The number of anilines is 1. The van der Waals surface area contributed by atoms with Gasteiger partial charge in [0, 0.05) is 12.1 Å². The first-order valence-electron chi connectivity index (χ1n) is 8.25. The highest BCUT2D eigenvalue weighted by atomic mass is 16.2. The van der Waals surface area contributed by atoms with Gasteiger partial charge in [0.15, 0.2) is 0 Å². The predicted octanol–water partition coefficient (Wildman–Crippen LogP) is 2.87. The molecule has 0 radical (unpaired) electrons. The van der Waals surface area contributed by atoms with Crippen LogP contribution in [-0.2, 0) is 9.59 Å². The van der Waals surface area contributed by atoms with E-state index in [1.807, 2.05) is 55.5 Å². The molecule has 6 heteroatoms. The van der Waals surface area contributed by atoms with Crippen molar-refractivity contribution in [1.82, 2.24) is 15.3 Å². The number of para-hydroxylation sites is 3. The molecule has 25 heavy (non-hydrogen) atoms. The lowest BCUT2D eigenvalue weighted by atomic mass is 9.89. The molecule has 2 aromatic carbocycles. The van der Waals surface area contributed by atoms with E-state index in [0.717, 1.165) is 16.6 Å².